The Kier molecular flexibility index (Phi) is 7.71. The van der Waals surface area contributed by atoms with Gasteiger partial charge in [-0.1, -0.05) is 36.4 Å². The van der Waals surface area contributed by atoms with Gasteiger partial charge in [0.2, 0.25) is 0 Å². The van der Waals surface area contributed by atoms with Crippen LogP contribution in [0.3, 0.4) is 0 Å². The number of ether oxygens (including phenoxy) is 3. The molecule has 3 aromatic rings. The molecule has 7 nitrogen and oxygen atoms in total. The Morgan fingerprint density at radius 1 is 0.944 bits per heavy atom. The van der Waals surface area contributed by atoms with E-state index in [0.717, 1.165) is 11.1 Å². The molecule has 1 N–H and O–H groups in total. The Hall–Kier alpha value is -4.10. The first-order chi connectivity index (χ1) is 17.4. The molecule has 0 saturated carbocycles. The number of nitrogens with zero attached hydrogens (tertiary/aromatic N) is 1. The lowest BCUT2D eigenvalue weighted by atomic mass is 9.95. The standard InChI is InChI=1S/C29H29NO6/c1-19-7-4-5-8-22(19)18-36-23-13-11-20(12-14-23)27(31)25-26(21-9-6-10-24(17-21)35-3)30(15-16-34-2)29(33)28(25)32/h4-14,17,26,31H,15-16,18H2,1-3H3. The van der Waals surface area contributed by atoms with E-state index in [1.807, 2.05) is 31.2 Å². The van der Waals surface area contributed by atoms with Gasteiger partial charge in [-0.2, -0.15) is 0 Å². The van der Waals surface area contributed by atoms with Crippen molar-refractivity contribution in [2.24, 2.45) is 0 Å². The maximum Gasteiger partial charge on any atom is 0.295 e. The number of hydrogen-bond donors (Lipinski definition) is 1. The number of likely N-dealkylation sites (tertiary alicyclic amines) is 1. The van der Waals surface area contributed by atoms with Crippen molar-refractivity contribution in [3.8, 4) is 11.5 Å². The van der Waals surface area contributed by atoms with Crippen LogP contribution in [0.5, 0.6) is 11.5 Å². The summed E-state index contributed by atoms with van der Waals surface area (Å²) in [4.78, 5) is 27.4. The number of carbonyl (C=O) groups excluding carboxylic acids is 2. The maximum absolute atomic E-state index is 13.1. The first-order valence-corrected chi connectivity index (χ1v) is 11.6. The third kappa shape index (κ3) is 5.11. The summed E-state index contributed by atoms with van der Waals surface area (Å²) in [5.41, 5.74) is 3.32. The number of rotatable bonds is 9. The highest BCUT2D eigenvalue weighted by molar-refractivity contribution is 6.46. The van der Waals surface area contributed by atoms with E-state index in [1.54, 1.807) is 55.6 Å². The topological polar surface area (TPSA) is 85.3 Å². The van der Waals surface area contributed by atoms with E-state index in [2.05, 4.69) is 0 Å². The van der Waals surface area contributed by atoms with Gasteiger partial charge in [0.05, 0.1) is 25.3 Å². The number of hydrogen-bond acceptors (Lipinski definition) is 6. The highest BCUT2D eigenvalue weighted by Crippen LogP contribution is 2.40. The number of Topliss-reactive ketones (excluding diaryl/α,β-unsaturated/α-hetero) is 1. The molecule has 1 aliphatic rings. The lowest BCUT2D eigenvalue weighted by Crippen LogP contribution is -2.32. The Morgan fingerprint density at radius 2 is 1.69 bits per heavy atom. The minimum absolute atomic E-state index is 0.0259. The lowest BCUT2D eigenvalue weighted by molar-refractivity contribution is -0.140. The number of aryl methyl sites for hydroxylation is 1. The van der Waals surface area contributed by atoms with Crippen LogP contribution in [0.15, 0.2) is 78.4 Å². The third-order valence-electron chi connectivity index (χ3n) is 6.27. The minimum atomic E-state index is -0.771. The fourth-order valence-corrected chi connectivity index (χ4v) is 4.26. The van der Waals surface area contributed by atoms with Gasteiger partial charge in [-0.05, 0) is 60.0 Å². The van der Waals surface area contributed by atoms with Gasteiger partial charge in [0.15, 0.2) is 0 Å². The van der Waals surface area contributed by atoms with Crippen molar-refractivity contribution in [3.63, 3.8) is 0 Å². The zero-order valence-corrected chi connectivity index (χ0v) is 20.6. The molecule has 1 saturated heterocycles. The molecule has 0 aromatic heterocycles. The number of methoxy groups -OCH3 is 2. The van der Waals surface area contributed by atoms with Gasteiger partial charge in [0, 0.05) is 19.2 Å². The molecule has 3 aromatic carbocycles. The average molecular weight is 488 g/mol. The smallest absolute Gasteiger partial charge is 0.295 e. The Labute approximate surface area is 210 Å². The fraction of sp³-hybridized carbons (Fsp3) is 0.241. The van der Waals surface area contributed by atoms with Crippen LogP contribution < -0.4 is 9.47 Å². The lowest BCUT2D eigenvalue weighted by Gasteiger charge is -2.25. The number of amides is 1. The molecule has 1 unspecified atom stereocenters. The van der Waals surface area contributed by atoms with E-state index < -0.39 is 17.7 Å². The zero-order chi connectivity index (χ0) is 25.7. The molecule has 186 valence electrons. The average Bonchev–Trinajstić information content (AvgIpc) is 3.16. The molecule has 0 bridgehead atoms. The first kappa shape index (κ1) is 25.0. The van der Waals surface area contributed by atoms with Gasteiger partial charge in [-0.15, -0.1) is 0 Å². The second kappa shape index (κ2) is 11.1. The Balaban J connectivity index is 1.66. The summed E-state index contributed by atoms with van der Waals surface area (Å²) >= 11 is 0. The van der Waals surface area contributed by atoms with Gasteiger partial charge in [-0.3, -0.25) is 9.59 Å². The number of aliphatic hydroxyl groups excluding tert-OH is 1. The third-order valence-corrected chi connectivity index (χ3v) is 6.27. The van der Waals surface area contributed by atoms with E-state index in [4.69, 9.17) is 14.2 Å². The predicted molar refractivity (Wildman–Crippen MR) is 136 cm³/mol. The normalized spacial score (nSPS) is 16.9. The van der Waals surface area contributed by atoms with Crippen LogP contribution >= 0.6 is 0 Å². The minimum Gasteiger partial charge on any atom is -0.507 e. The van der Waals surface area contributed by atoms with E-state index in [9.17, 15) is 14.7 Å². The number of ketones is 1. The van der Waals surface area contributed by atoms with Gasteiger partial charge >= 0.3 is 0 Å². The highest BCUT2D eigenvalue weighted by atomic mass is 16.5. The van der Waals surface area contributed by atoms with Gasteiger partial charge in [0.25, 0.3) is 11.7 Å². The van der Waals surface area contributed by atoms with Crippen molar-refractivity contribution in [1.29, 1.82) is 0 Å². The van der Waals surface area contributed by atoms with Crippen LogP contribution in [-0.2, 0) is 20.9 Å². The molecule has 0 spiro atoms. The molecule has 1 amide bonds. The van der Waals surface area contributed by atoms with Crippen molar-refractivity contribution in [2.45, 2.75) is 19.6 Å². The van der Waals surface area contributed by atoms with Crippen molar-refractivity contribution < 1.29 is 28.9 Å². The summed E-state index contributed by atoms with van der Waals surface area (Å²) in [5.74, 6) is -0.456. The van der Waals surface area contributed by atoms with Gasteiger partial charge in [-0.25, -0.2) is 0 Å². The highest BCUT2D eigenvalue weighted by Gasteiger charge is 2.46. The summed E-state index contributed by atoms with van der Waals surface area (Å²) < 4.78 is 16.4. The number of benzene rings is 3. The van der Waals surface area contributed by atoms with Crippen LogP contribution in [0.4, 0.5) is 0 Å². The fourth-order valence-electron chi connectivity index (χ4n) is 4.26. The predicted octanol–water partition coefficient (Wildman–Crippen LogP) is 4.65. The molecule has 1 atom stereocenters. The molecule has 1 heterocycles. The van der Waals surface area contributed by atoms with E-state index in [-0.39, 0.29) is 24.5 Å². The largest absolute Gasteiger partial charge is 0.507 e. The second-order valence-electron chi connectivity index (χ2n) is 8.50. The van der Waals surface area contributed by atoms with Crippen molar-refractivity contribution in [3.05, 3.63) is 101 Å². The van der Waals surface area contributed by atoms with Crippen LogP contribution in [0.2, 0.25) is 0 Å². The quantitative estimate of drug-likeness (QED) is 0.269. The molecule has 1 aliphatic heterocycles. The molecule has 36 heavy (non-hydrogen) atoms. The summed E-state index contributed by atoms with van der Waals surface area (Å²) in [6.45, 7) is 2.89. The van der Waals surface area contributed by atoms with Gasteiger partial charge < -0.3 is 24.2 Å². The number of aliphatic hydroxyl groups is 1. The summed E-state index contributed by atoms with van der Waals surface area (Å²) in [6, 6.07) is 21.1. The monoisotopic (exact) mass is 487 g/mol. The molecule has 0 aliphatic carbocycles. The van der Waals surface area contributed by atoms with Crippen LogP contribution in [0.25, 0.3) is 5.76 Å². The Bertz CT molecular complexity index is 1280. The molecule has 4 rings (SSSR count). The zero-order valence-electron chi connectivity index (χ0n) is 20.6. The van der Waals surface area contributed by atoms with Crippen LogP contribution in [-0.4, -0.2) is 49.1 Å². The van der Waals surface area contributed by atoms with Crippen molar-refractivity contribution >= 4 is 17.4 Å². The maximum atomic E-state index is 13.1. The molecular weight excluding hydrogens is 458 g/mol. The summed E-state index contributed by atoms with van der Waals surface area (Å²) in [6.07, 6.45) is 0. The van der Waals surface area contributed by atoms with E-state index >= 15 is 0 Å². The molecule has 1 fully saturated rings. The first-order valence-electron chi connectivity index (χ1n) is 11.6. The van der Waals surface area contributed by atoms with E-state index in [1.165, 1.54) is 12.0 Å². The molecule has 0 radical (unpaired) electrons. The van der Waals surface area contributed by atoms with Crippen molar-refractivity contribution in [1.82, 2.24) is 4.90 Å². The molecule has 7 heteroatoms. The van der Waals surface area contributed by atoms with Crippen molar-refractivity contribution in [2.75, 3.05) is 27.4 Å². The van der Waals surface area contributed by atoms with E-state index in [0.29, 0.717) is 29.2 Å². The van der Waals surface area contributed by atoms with Crippen LogP contribution in [0, 0.1) is 6.92 Å². The Morgan fingerprint density at radius 3 is 2.39 bits per heavy atom. The summed E-state index contributed by atoms with van der Waals surface area (Å²) in [7, 11) is 3.07. The second-order valence-corrected chi connectivity index (χ2v) is 8.50. The van der Waals surface area contributed by atoms with Gasteiger partial charge in [0.1, 0.15) is 23.9 Å². The van der Waals surface area contributed by atoms with Crippen LogP contribution in [0.1, 0.15) is 28.3 Å². The summed E-state index contributed by atoms with van der Waals surface area (Å²) in [5, 5.41) is 11.2. The number of carbonyl (C=O) groups is 2. The SMILES string of the molecule is COCCN1C(=O)C(=O)C(=C(O)c2ccc(OCc3ccccc3C)cc2)C1c1cccc(OC)c1. The molecular formula is C29H29NO6.